The summed E-state index contributed by atoms with van der Waals surface area (Å²) in [7, 11) is -3.23. The van der Waals surface area contributed by atoms with Crippen molar-refractivity contribution in [2.24, 2.45) is 0 Å². The first-order valence-corrected chi connectivity index (χ1v) is 9.96. The highest BCUT2D eigenvalue weighted by Crippen LogP contribution is 2.19. The number of amides is 1. The third kappa shape index (κ3) is 5.41. The molecule has 1 amide bonds. The maximum Gasteiger partial charge on any atom is 0.238 e. The van der Waals surface area contributed by atoms with E-state index in [1.165, 1.54) is 28.8 Å². The van der Waals surface area contributed by atoms with E-state index in [1.807, 2.05) is 13.8 Å². The molecule has 0 saturated carbocycles. The normalized spacial score (nSPS) is 12.6. The zero-order valence-electron chi connectivity index (χ0n) is 15.0. The summed E-state index contributed by atoms with van der Waals surface area (Å²) < 4.78 is 22.9. The molecule has 1 atom stereocenters. The van der Waals surface area contributed by atoms with E-state index in [9.17, 15) is 13.2 Å². The minimum atomic E-state index is -3.23. The molecule has 5 nitrogen and oxygen atoms in total. The highest BCUT2D eigenvalue weighted by molar-refractivity contribution is 7.90. The van der Waals surface area contributed by atoms with E-state index in [-0.39, 0.29) is 23.4 Å². The van der Waals surface area contributed by atoms with Gasteiger partial charge in [0.05, 0.1) is 11.4 Å². The van der Waals surface area contributed by atoms with Crippen molar-refractivity contribution < 1.29 is 13.2 Å². The molecule has 0 aliphatic rings. The fraction of sp³-hybridized carbons (Fsp3) is 0.316. The highest BCUT2D eigenvalue weighted by Gasteiger charge is 2.11. The summed E-state index contributed by atoms with van der Waals surface area (Å²) in [6, 6.07) is 12.5. The molecule has 0 fully saturated rings. The summed E-state index contributed by atoms with van der Waals surface area (Å²) in [6.45, 7) is 6.29. The number of rotatable bonds is 6. The number of anilines is 1. The Morgan fingerprint density at radius 3 is 2.32 bits per heavy atom. The van der Waals surface area contributed by atoms with Gasteiger partial charge in [0.15, 0.2) is 9.84 Å². The van der Waals surface area contributed by atoms with Gasteiger partial charge in [0.2, 0.25) is 5.91 Å². The second-order valence-corrected chi connectivity index (χ2v) is 8.32. The van der Waals surface area contributed by atoms with E-state index in [0.29, 0.717) is 5.69 Å². The van der Waals surface area contributed by atoms with Gasteiger partial charge in [-0.05, 0) is 56.2 Å². The molecule has 6 heteroatoms. The van der Waals surface area contributed by atoms with E-state index in [4.69, 9.17) is 0 Å². The molecule has 0 radical (unpaired) electrons. The van der Waals surface area contributed by atoms with Gasteiger partial charge in [0.1, 0.15) is 0 Å². The first kappa shape index (κ1) is 19.1. The lowest BCUT2D eigenvalue weighted by Crippen LogP contribution is -2.30. The molecule has 2 aromatic carbocycles. The van der Waals surface area contributed by atoms with Crippen LogP contribution in [0.4, 0.5) is 5.69 Å². The molecule has 0 aromatic heterocycles. The largest absolute Gasteiger partial charge is 0.325 e. The Balaban J connectivity index is 1.93. The SMILES string of the molecule is Cc1ccc(C)c([C@@H](C)NCC(=O)Nc2ccc(S(C)(=O)=O)cc2)c1. The first-order valence-electron chi connectivity index (χ1n) is 8.07. The van der Waals surface area contributed by atoms with Gasteiger partial charge in [0, 0.05) is 18.0 Å². The fourth-order valence-corrected chi connectivity index (χ4v) is 3.20. The Morgan fingerprint density at radius 2 is 1.72 bits per heavy atom. The van der Waals surface area contributed by atoms with Crippen LogP contribution in [0.15, 0.2) is 47.4 Å². The molecule has 2 N–H and O–H groups in total. The predicted molar refractivity (Wildman–Crippen MR) is 101 cm³/mol. The van der Waals surface area contributed by atoms with Crippen molar-refractivity contribution >= 4 is 21.4 Å². The van der Waals surface area contributed by atoms with Crippen molar-refractivity contribution in [3.05, 3.63) is 59.2 Å². The van der Waals surface area contributed by atoms with Crippen molar-refractivity contribution in [2.75, 3.05) is 18.1 Å². The van der Waals surface area contributed by atoms with Crippen molar-refractivity contribution in [3.8, 4) is 0 Å². The minimum absolute atomic E-state index is 0.0539. The Hall–Kier alpha value is -2.18. The van der Waals surface area contributed by atoms with Gasteiger partial charge in [-0.2, -0.15) is 0 Å². The average molecular weight is 360 g/mol. The zero-order valence-corrected chi connectivity index (χ0v) is 15.8. The summed E-state index contributed by atoms with van der Waals surface area (Å²) in [5.41, 5.74) is 4.11. The quantitative estimate of drug-likeness (QED) is 0.830. The first-order chi connectivity index (χ1) is 11.7. The molecule has 0 spiro atoms. The minimum Gasteiger partial charge on any atom is -0.325 e. The van der Waals surface area contributed by atoms with Crippen molar-refractivity contribution in [1.29, 1.82) is 0 Å². The van der Waals surface area contributed by atoms with Crippen LogP contribution in [0.5, 0.6) is 0 Å². The summed E-state index contributed by atoms with van der Waals surface area (Å²) in [6.07, 6.45) is 1.15. The number of hydrogen-bond donors (Lipinski definition) is 2. The summed E-state index contributed by atoms with van der Waals surface area (Å²) in [5.74, 6) is -0.177. The number of carbonyl (C=O) groups is 1. The number of aryl methyl sites for hydroxylation is 2. The molecule has 2 rings (SSSR count). The molecule has 0 aliphatic carbocycles. The molecule has 0 unspecified atom stereocenters. The van der Waals surface area contributed by atoms with Gasteiger partial charge in [-0.15, -0.1) is 0 Å². The second kappa shape index (κ2) is 7.80. The Kier molecular flexibility index (Phi) is 5.98. The van der Waals surface area contributed by atoms with Crippen LogP contribution in [0.25, 0.3) is 0 Å². The molecule has 25 heavy (non-hydrogen) atoms. The number of hydrogen-bond acceptors (Lipinski definition) is 4. The standard InChI is InChI=1S/C19H24N2O3S/c1-13-5-6-14(2)18(11-13)15(3)20-12-19(22)21-16-7-9-17(10-8-16)25(4,23)24/h5-11,15,20H,12H2,1-4H3,(H,21,22)/t15-/m1/s1. The lowest BCUT2D eigenvalue weighted by molar-refractivity contribution is -0.115. The third-order valence-corrected chi connectivity index (χ3v) is 5.16. The van der Waals surface area contributed by atoms with Crippen LogP contribution in [0.1, 0.15) is 29.7 Å². The van der Waals surface area contributed by atoms with Gasteiger partial charge in [-0.1, -0.05) is 23.8 Å². The van der Waals surface area contributed by atoms with Gasteiger partial charge in [-0.3, -0.25) is 4.79 Å². The number of sulfone groups is 1. The van der Waals surface area contributed by atoms with Gasteiger partial charge in [0.25, 0.3) is 0 Å². The topological polar surface area (TPSA) is 75.3 Å². The molecular weight excluding hydrogens is 336 g/mol. The summed E-state index contributed by atoms with van der Waals surface area (Å²) >= 11 is 0. The Labute approximate surface area is 149 Å². The van der Waals surface area contributed by atoms with Gasteiger partial charge in [-0.25, -0.2) is 8.42 Å². The van der Waals surface area contributed by atoms with Crippen LogP contribution in [-0.2, 0) is 14.6 Å². The van der Waals surface area contributed by atoms with E-state index in [2.05, 4.69) is 35.8 Å². The maximum absolute atomic E-state index is 12.1. The predicted octanol–water partition coefficient (Wildman–Crippen LogP) is 3.00. The average Bonchev–Trinajstić information content (AvgIpc) is 2.54. The monoisotopic (exact) mass is 360 g/mol. The number of carbonyl (C=O) groups excluding carboxylic acids is 1. The molecule has 0 bridgehead atoms. The smallest absolute Gasteiger partial charge is 0.238 e. The van der Waals surface area contributed by atoms with Crippen LogP contribution in [0.3, 0.4) is 0 Å². The third-order valence-electron chi connectivity index (χ3n) is 4.04. The van der Waals surface area contributed by atoms with Crippen LogP contribution in [0, 0.1) is 13.8 Å². The zero-order chi connectivity index (χ0) is 18.6. The lowest BCUT2D eigenvalue weighted by atomic mass is 10.00. The lowest BCUT2D eigenvalue weighted by Gasteiger charge is -2.17. The Morgan fingerprint density at radius 1 is 1.08 bits per heavy atom. The van der Waals surface area contributed by atoms with Gasteiger partial charge >= 0.3 is 0 Å². The van der Waals surface area contributed by atoms with Crippen molar-refractivity contribution in [2.45, 2.75) is 31.7 Å². The number of nitrogens with one attached hydrogen (secondary N) is 2. The molecule has 134 valence electrons. The molecule has 2 aromatic rings. The summed E-state index contributed by atoms with van der Waals surface area (Å²) in [4.78, 5) is 12.3. The van der Waals surface area contributed by atoms with Gasteiger partial charge < -0.3 is 10.6 Å². The Bertz CT molecular complexity index is 859. The molecular formula is C19H24N2O3S. The maximum atomic E-state index is 12.1. The van der Waals surface area contributed by atoms with E-state index < -0.39 is 9.84 Å². The molecule has 0 aliphatic heterocycles. The molecule has 0 saturated heterocycles. The van der Waals surface area contributed by atoms with E-state index in [0.717, 1.165) is 6.26 Å². The van der Waals surface area contributed by atoms with Crippen LogP contribution in [-0.4, -0.2) is 27.1 Å². The van der Waals surface area contributed by atoms with E-state index in [1.54, 1.807) is 12.1 Å². The van der Waals surface area contributed by atoms with Crippen LogP contribution < -0.4 is 10.6 Å². The fourth-order valence-electron chi connectivity index (χ4n) is 2.57. The number of benzene rings is 2. The highest BCUT2D eigenvalue weighted by atomic mass is 32.2. The molecule has 0 heterocycles. The van der Waals surface area contributed by atoms with E-state index >= 15 is 0 Å². The second-order valence-electron chi connectivity index (χ2n) is 6.31. The summed E-state index contributed by atoms with van der Waals surface area (Å²) in [5, 5.41) is 5.97. The van der Waals surface area contributed by atoms with Crippen LogP contribution >= 0.6 is 0 Å². The van der Waals surface area contributed by atoms with Crippen molar-refractivity contribution in [1.82, 2.24) is 5.32 Å². The van der Waals surface area contributed by atoms with Crippen molar-refractivity contribution in [3.63, 3.8) is 0 Å². The van der Waals surface area contributed by atoms with Crippen LogP contribution in [0.2, 0.25) is 0 Å².